The second kappa shape index (κ2) is 6.03. The molecule has 0 aromatic heterocycles. The summed E-state index contributed by atoms with van der Waals surface area (Å²) >= 11 is 0. The molecule has 1 fully saturated rings. The Hall–Kier alpha value is -1.60. The molecule has 1 amide bonds. The quantitative estimate of drug-likeness (QED) is 0.848. The standard InChI is InChI=1S/C14H19NO5S/c1-10-4-7-12(8-5-10)20-21(17,18)15-13(19-3)9-6-11(2)14(15)16/h4-5,7-8,11,13H,6,9H2,1-3H3/t11-,13-/m0/s1. The van der Waals surface area contributed by atoms with Gasteiger partial charge in [-0.05, 0) is 31.9 Å². The predicted octanol–water partition coefficient (Wildman–Crippen LogP) is 1.85. The number of rotatable bonds is 4. The van der Waals surface area contributed by atoms with Crippen LogP contribution < -0.4 is 4.18 Å². The maximum absolute atomic E-state index is 12.4. The zero-order valence-electron chi connectivity index (χ0n) is 12.3. The average Bonchev–Trinajstić information content (AvgIpc) is 2.43. The van der Waals surface area contributed by atoms with Crippen molar-refractivity contribution in [3.8, 4) is 5.75 Å². The van der Waals surface area contributed by atoms with Gasteiger partial charge in [-0.1, -0.05) is 24.6 Å². The molecule has 21 heavy (non-hydrogen) atoms. The van der Waals surface area contributed by atoms with Crippen molar-refractivity contribution in [3.63, 3.8) is 0 Å². The van der Waals surface area contributed by atoms with Crippen molar-refractivity contribution >= 4 is 16.2 Å². The van der Waals surface area contributed by atoms with E-state index in [2.05, 4.69) is 0 Å². The lowest BCUT2D eigenvalue weighted by atomic mass is 10.00. The van der Waals surface area contributed by atoms with E-state index in [0.29, 0.717) is 17.1 Å². The number of carbonyl (C=O) groups excluding carboxylic acids is 1. The van der Waals surface area contributed by atoms with Gasteiger partial charge in [-0.3, -0.25) is 4.79 Å². The van der Waals surface area contributed by atoms with Crippen LogP contribution in [0.4, 0.5) is 0 Å². The molecule has 7 heteroatoms. The molecular formula is C14H19NO5S. The van der Waals surface area contributed by atoms with Crippen LogP contribution >= 0.6 is 0 Å². The summed E-state index contributed by atoms with van der Waals surface area (Å²) in [6.07, 6.45) is 0.234. The maximum Gasteiger partial charge on any atom is 0.414 e. The first-order valence-corrected chi connectivity index (χ1v) is 8.09. The highest BCUT2D eigenvalue weighted by Crippen LogP contribution is 2.27. The van der Waals surface area contributed by atoms with Crippen LogP contribution in [0.3, 0.4) is 0 Å². The van der Waals surface area contributed by atoms with E-state index in [0.717, 1.165) is 5.56 Å². The Balaban J connectivity index is 2.27. The van der Waals surface area contributed by atoms with Gasteiger partial charge in [0.15, 0.2) is 0 Å². The van der Waals surface area contributed by atoms with Crippen LogP contribution in [0, 0.1) is 12.8 Å². The smallest absolute Gasteiger partial charge is 0.367 e. The first-order valence-electron chi connectivity index (χ1n) is 6.72. The average molecular weight is 313 g/mol. The van der Waals surface area contributed by atoms with Crippen molar-refractivity contribution in [3.05, 3.63) is 29.8 Å². The molecule has 2 rings (SSSR count). The molecule has 0 N–H and O–H groups in total. The molecule has 2 atom stereocenters. The molecule has 1 aliphatic rings. The molecule has 0 aliphatic carbocycles. The van der Waals surface area contributed by atoms with Crippen LogP contribution in [-0.2, 0) is 19.8 Å². The number of nitrogens with zero attached hydrogens (tertiary/aromatic N) is 1. The summed E-state index contributed by atoms with van der Waals surface area (Å²) in [4.78, 5) is 12.2. The number of carbonyl (C=O) groups is 1. The summed E-state index contributed by atoms with van der Waals surface area (Å²) in [6, 6.07) is 6.57. The molecule has 1 aromatic carbocycles. The minimum Gasteiger partial charge on any atom is -0.367 e. The van der Waals surface area contributed by atoms with Crippen LogP contribution in [0.5, 0.6) is 5.75 Å². The van der Waals surface area contributed by atoms with Gasteiger partial charge in [0.05, 0.1) is 0 Å². The predicted molar refractivity (Wildman–Crippen MR) is 76.8 cm³/mol. The number of piperidine rings is 1. The van der Waals surface area contributed by atoms with Gasteiger partial charge in [-0.2, -0.15) is 12.7 Å². The molecule has 1 aromatic rings. The highest BCUT2D eigenvalue weighted by atomic mass is 32.2. The summed E-state index contributed by atoms with van der Waals surface area (Å²) in [5.74, 6) is -0.700. The minimum absolute atomic E-state index is 0.168. The topological polar surface area (TPSA) is 72.9 Å². The van der Waals surface area contributed by atoms with Gasteiger partial charge in [0.25, 0.3) is 0 Å². The Kier molecular flexibility index (Phi) is 4.53. The van der Waals surface area contributed by atoms with Gasteiger partial charge in [0.2, 0.25) is 5.91 Å². The summed E-state index contributed by atoms with van der Waals surface area (Å²) in [5, 5.41) is 0. The fourth-order valence-electron chi connectivity index (χ4n) is 2.22. The molecule has 1 saturated heterocycles. The fourth-order valence-corrected chi connectivity index (χ4v) is 3.53. The Morgan fingerprint density at radius 2 is 1.81 bits per heavy atom. The van der Waals surface area contributed by atoms with Crippen LogP contribution in [0.1, 0.15) is 25.3 Å². The molecule has 0 saturated carbocycles. The van der Waals surface area contributed by atoms with Crippen LogP contribution in [0.25, 0.3) is 0 Å². The van der Waals surface area contributed by atoms with E-state index in [9.17, 15) is 13.2 Å². The number of hydrogen-bond donors (Lipinski definition) is 0. The molecule has 0 radical (unpaired) electrons. The highest BCUT2D eigenvalue weighted by molar-refractivity contribution is 7.85. The summed E-state index contributed by atoms with van der Waals surface area (Å²) in [6.45, 7) is 3.58. The van der Waals surface area contributed by atoms with Gasteiger partial charge in [-0.25, -0.2) is 0 Å². The molecule has 0 spiro atoms. The van der Waals surface area contributed by atoms with Crippen LogP contribution in [0.15, 0.2) is 24.3 Å². The van der Waals surface area contributed by atoms with Crippen molar-refractivity contribution in [2.75, 3.05) is 7.11 Å². The summed E-state index contributed by atoms with van der Waals surface area (Å²) in [7, 11) is -2.86. The highest BCUT2D eigenvalue weighted by Gasteiger charge is 2.42. The van der Waals surface area contributed by atoms with Crippen LogP contribution in [0.2, 0.25) is 0 Å². The van der Waals surface area contributed by atoms with Crippen molar-refractivity contribution in [2.24, 2.45) is 5.92 Å². The van der Waals surface area contributed by atoms with E-state index >= 15 is 0 Å². The SMILES string of the molecule is CO[C@H]1CC[C@H](C)C(=O)N1S(=O)(=O)Oc1ccc(C)cc1. The normalized spacial score (nSPS) is 23.2. The molecular weight excluding hydrogens is 294 g/mol. The summed E-state index contributed by atoms with van der Waals surface area (Å²) < 4.78 is 35.6. The van der Waals surface area contributed by atoms with Crippen molar-refractivity contribution in [1.82, 2.24) is 4.31 Å². The second-order valence-corrected chi connectivity index (χ2v) is 6.57. The number of aryl methyl sites for hydroxylation is 1. The van der Waals surface area contributed by atoms with Crippen LogP contribution in [-0.4, -0.2) is 32.0 Å². The molecule has 6 nitrogen and oxygen atoms in total. The van der Waals surface area contributed by atoms with E-state index in [1.165, 1.54) is 7.11 Å². The van der Waals surface area contributed by atoms with E-state index in [1.54, 1.807) is 31.2 Å². The van der Waals surface area contributed by atoms with E-state index in [-0.39, 0.29) is 11.7 Å². The first-order chi connectivity index (χ1) is 9.85. The van der Waals surface area contributed by atoms with Gasteiger partial charge >= 0.3 is 10.3 Å². The summed E-state index contributed by atoms with van der Waals surface area (Å²) in [5.41, 5.74) is 0.984. The van der Waals surface area contributed by atoms with Crippen molar-refractivity contribution < 1.29 is 22.1 Å². The Labute approximate surface area is 124 Å². The van der Waals surface area contributed by atoms with Crippen molar-refractivity contribution in [1.29, 1.82) is 0 Å². The number of ether oxygens (including phenoxy) is 1. The zero-order valence-corrected chi connectivity index (χ0v) is 13.1. The Bertz CT molecular complexity index is 611. The monoisotopic (exact) mass is 313 g/mol. The number of benzene rings is 1. The zero-order chi connectivity index (χ0) is 15.6. The van der Waals surface area contributed by atoms with Gasteiger partial charge in [0, 0.05) is 13.0 Å². The first kappa shape index (κ1) is 15.8. The van der Waals surface area contributed by atoms with Gasteiger partial charge in [-0.15, -0.1) is 0 Å². The van der Waals surface area contributed by atoms with E-state index < -0.39 is 22.4 Å². The third kappa shape index (κ3) is 3.36. The largest absolute Gasteiger partial charge is 0.414 e. The third-order valence-electron chi connectivity index (χ3n) is 3.48. The molecule has 1 aliphatic heterocycles. The Morgan fingerprint density at radius 3 is 2.38 bits per heavy atom. The van der Waals surface area contributed by atoms with Gasteiger partial charge < -0.3 is 8.92 Å². The number of hydrogen-bond acceptors (Lipinski definition) is 5. The molecule has 1 heterocycles. The van der Waals surface area contributed by atoms with Gasteiger partial charge in [0.1, 0.15) is 12.0 Å². The molecule has 0 bridgehead atoms. The molecule has 0 unspecified atom stereocenters. The molecule has 116 valence electrons. The maximum atomic E-state index is 12.4. The number of methoxy groups -OCH3 is 1. The fraction of sp³-hybridized carbons (Fsp3) is 0.500. The lowest BCUT2D eigenvalue weighted by molar-refractivity contribution is -0.144. The minimum atomic E-state index is -4.23. The lowest BCUT2D eigenvalue weighted by Gasteiger charge is -2.35. The lowest BCUT2D eigenvalue weighted by Crippen LogP contribution is -2.52. The Morgan fingerprint density at radius 1 is 1.19 bits per heavy atom. The number of amides is 1. The van der Waals surface area contributed by atoms with E-state index in [4.69, 9.17) is 8.92 Å². The van der Waals surface area contributed by atoms with E-state index in [1.807, 2.05) is 6.92 Å². The van der Waals surface area contributed by atoms with Crippen molar-refractivity contribution in [2.45, 2.75) is 32.9 Å². The second-order valence-electron chi connectivity index (χ2n) is 5.16. The third-order valence-corrected chi connectivity index (χ3v) is 4.78.